The van der Waals surface area contributed by atoms with Gasteiger partial charge in [0.05, 0.1) is 6.42 Å². The summed E-state index contributed by atoms with van der Waals surface area (Å²) in [7, 11) is 0. The first-order valence-electron chi connectivity index (χ1n) is 7.69. The summed E-state index contributed by atoms with van der Waals surface area (Å²) < 4.78 is 11.4. The van der Waals surface area contributed by atoms with Gasteiger partial charge in [-0.3, -0.25) is 4.79 Å². The highest BCUT2D eigenvalue weighted by Gasteiger charge is 2.22. The number of allylic oxidation sites excluding steroid dienone is 1. The van der Waals surface area contributed by atoms with Gasteiger partial charge in [0.25, 0.3) is 0 Å². The lowest BCUT2D eigenvalue weighted by Crippen LogP contribution is -2.04. The van der Waals surface area contributed by atoms with Crippen LogP contribution in [0.2, 0.25) is 0 Å². The number of fused-ring (bicyclic) bond motifs is 1. The first kappa shape index (κ1) is 16.6. The van der Waals surface area contributed by atoms with E-state index in [1.807, 2.05) is 66.8 Å². The number of hydrogen-bond donors (Lipinski definition) is 1. The summed E-state index contributed by atoms with van der Waals surface area (Å²) >= 11 is -0.976. The predicted molar refractivity (Wildman–Crippen MR) is 98.2 cm³/mol. The summed E-state index contributed by atoms with van der Waals surface area (Å²) in [6, 6.07) is 13.6. The number of rotatable bonds is 5. The highest BCUT2D eigenvalue weighted by Crippen LogP contribution is 2.36. The zero-order chi connectivity index (χ0) is 17.1. The fourth-order valence-electron chi connectivity index (χ4n) is 2.95. The van der Waals surface area contributed by atoms with E-state index in [0.717, 1.165) is 27.1 Å². The topological polar surface area (TPSA) is 60.4 Å². The molecule has 0 heterocycles. The van der Waals surface area contributed by atoms with Crippen LogP contribution in [0.25, 0.3) is 18.2 Å². The third kappa shape index (κ3) is 3.61. The Morgan fingerprint density at radius 1 is 1.21 bits per heavy atom. The van der Waals surface area contributed by atoms with Crippen LogP contribution in [0, 0.1) is 0 Å². The maximum atomic E-state index is 11.4. The van der Waals surface area contributed by atoms with Gasteiger partial charge in [-0.15, -0.1) is 0 Å². The van der Waals surface area contributed by atoms with Crippen LogP contribution in [-0.2, 0) is 16.0 Å². The molecule has 0 amide bonds. The van der Waals surface area contributed by atoms with Crippen molar-refractivity contribution in [1.29, 1.82) is 0 Å². The average Bonchev–Trinajstić information content (AvgIpc) is 2.96. The third-order valence-corrected chi connectivity index (χ3v) is 5.05. The van der Waals surface area contributed by atoms with Crippen LogP contribution in [0.5, 0.6) is 0 Å². The van der Waals surface area contributed by atoms with Crippen molar-refractivity contribution in [2.45, 2.75) is 17.2 Å². The van der Waals surface area contributed by atoms with E-state index in [1.165, 1.54) is 0 Å². The molecular weight excluding hydrogens is 320 g/mol. The van der Waals surface area contributed by atoms with Crippen LogP contribution in [0.15, 0.2) is 53.4 Å². The van der Waals surface area contributed by atoms with Crippen molar-refractivity contribution in [2.75, 3.05) is 6.26 Å². The maximum Gasteiger partial charge on any atom is 0.304 e. The van der Waals surface area contributed by atoms with Gasteiger partial charge in [0, 0.05) is 5.92 Å². The zero-order valence-corrected chi connectivity index (χ0v) is 14.1. The minimum atomic E-state index is -0.976. The van der Waals surface area contributed by atoms with Gasteiger partial charge in [-0.2, -0.15) is 0 Å². The number of benzene rings is 2. The van der Waals surface area contributed by atoms with Crippen LogP contribution in [-0.4, -0.2) is 21.9 Å². The molecule has 122 valence electrons. The number of carbonyl (C=O) groups is 1. The van der Waals surface area contributed by atoms with E-state index in [9.17, 15) is 9.35 Å². The second kappa shape index (κ2) is 7.07. The van der Waals surface area contributed by atoms with Crippen molar-refractivity contribution in [3.63, 3.8) is 0 Å². The number of carboxylic acids is 1. The van der Waals surface area contributed by atoms with Gasteiger partial charge in [0.2, 0.25) is 0 Å². The summed E-state index contributed by atoms with van der Waals surface area (Å²) in [5.41, 5.74) is 4.21. The summed E-state index contributed by atoms with van der Waals surface area (Å²) in [6.45, 7) is 0. The van der Waals surface area contributed by atoms with Crippen LogP contribution < -0.4 is 0 Å². The summed E-state index contributed by atoms with van der Waals surface area (Å²) in [5, 5.41) is 9.09. The van der Waals surface area contributed by atoms with Crippen LogP contribution in [0.3, 0.4) is 0 Å². The molecule has 0 saturated carbocycles. The highest BCUT2D eigenvalue weighted by molar-refractivity contribution is 7.90. The molecule has 1 aliphatic rings. The molecule has 1 N–H and O–H groups in total. The Bertz CT molecular complexity index is 804. The molecule has 0 fully saturated rings. The molecule has 24 heavy (non-hydrogen) atoms. The van der Waals surface area contributed by atoms with Crippen molar-refractivity contribution in [1.82, 2.24) is 0 Å². The molecular formula is C20H18O3S. The largest absolute Gasteiger partial charge is 0.612 e. The molecule has 0 aromatic heterocycles. The molecule has 2 unspecified atom stereocenters. The van der Waals surface area contributed by atoms with Gasteiger partial charge in [0.1, 0.15) is 6.26 Å². The SMILES string of the molecule is C[S+]([O-])c1ccc(C=Cc2cccc3c2C(CC(=O)O)C=C3)cc1. The Labute approximate surface area is 144 Å². The Balaban J connectivity index is 1.86. The molecule has 4 heteroatoms. The quantitative estimate of drug-likeness (QED) is 0.657. The first-order valence-corrected chi connectivity index (χ1v) is 9.25. The number of aliphatic carboxylic acids is 1. The van der Waals surface area contributed by atoms with E-state index >= 15 is 0 Å². The van der Waals surface area contributed by atoms with E-state index in [0.29, 0.717) is 0 Å². The molecule has 0 bridgehead atoms. The Morgan fingerprint density at radius 2 is 1.96 bits per heavy atom. The van der Waals surface area contributed by atoms with Crippen LogP contribution in [0.1, 0.15) is 34.6 Å². The highest BCUT2D eigenvalue weighted by atomic mass is 32.2. The molecule has 0 saturated heterocycles. The minimum absolute atomic E-state index is 0.0803. The van der Waals surface area contributed by atoms with E-state index in [2.05, 4.69) is 0 Å². The second-order valence-corrected chi connectivity index (χ2v) is 7.15. The van der Waals surface area contributed by atoms with Crippen LogP contribution in [0.4, 0.5) is 0 Å². The third-order valence-electron chi connectivity index (χ3n) is 4.11. The van der Waals surface area contributed by atoms with Gasteiger partial charge in [0.15, 0.2) is 4.90 Å². The Kier molecular flexibility index (Phi) is 4.88. The molecule has 0 aliphatic heterocycles. The molecule has 3 rings (SSSR count). The van der Waals surface area contributed by atoms with Gasteiger partial charge in [-0.05, 0) is 57.7 Å². The standard InChI is InChI=1S/C20H18O3S/c1-24(23)18-11-6-14(7-12-18)5-8-15-3-2-4-16-9-10-17(20(15)16)13-19(21)22/h2-12,17H,13H2,1H3,(H,21,22). The van der Waals surface area contributed by atoms with Crippen LogP contribution >= 0.6 is 0 Å². The average molecular weight is 338 g/mol. The van der Waals surface area contributed by atoms with E-state index in [-0.39, 0.29) is 12.3 Å². The molecule has 2 aromatic rings. The lowest BCUT2D eigenvalue weighted by atomic mass is 9.92. The summed E-state index contributed by atoms with van der Waals surface area (Å²) in [4.78, 5) is 11.9. The summed E-state index contributed by atoms with van der Waals surface area (Å²) in [6.07, 6.45) is 9.72. The molecule has 0 radical (unpaired) electrons. The molecule has 1 aliphatic carbocycles. The van der Waals surface area contributed by atoms with E-state index in [4.69, 9.17) is 5.11 Å². The van der Waals surface area contributed by atoms with Gasteiger partial charge < -0.3 is 9.66 Å². The fourth-order valence-corrected chi connectivity index (χ4v) is 3.47. The minimum Gasteiger partial charge on any atom is -0.612 e. The Morgan fingerprint density at radius 3 is 2.62 bits per heavy atom. The van der Waals surface area contributed by atoms with Gasteiger partial charge in [-0.25, -0.2) is 0 Å². The van der Waals surface area contributed by atoms with Gasteiger partial charge >= 0.3 is 5.97 Å². The molecule has 2 atom stereocenters. The summed E-state index contributed by atoms with van der Waals surface area (Å²) in [5.74, 6) is -0.873. The van der Waals surface area contributed by atoms with Crippen molar-refractivity contribution < 1.29 is 14.5 Å². The lowest BCUT2D eigenvalue weighted by Gasteiger charge is -2.12. The monoisotopic (exact) mass is 338 g/mol. The smallest absolute Gasteiger partial charge is 0.304 e. The van der Waals surface area contributed by atoms with E-state index < -0.39 is 17.1 Å². The van der Waals surface area contributed by atoms with E-state index in [1.54, 1.807) is 6.26 Å². The van der Waals surface area contributed by atoms with Crippen molar-refractivity contribution in [2.24, 2.45) is 0 Å². The van der Waals surface area contributed by atoms with Crippen molar-refractivity contribution in [3.8, 4) is 0 Å². The molecule has 2 aromatic carbocycles. The van der Waals surface area contributed by atoms with Gasteiger partial charge in [-0.1, -0.05) is 42.5 Å². The second-order valence-electron chi connectivity index (χ2n) is 5.77. The maximum absolute atomic E-state index is 11.4. The number of carboxylic acid groups (broad SMARTS) is 1. The fraction of sp³-hybridized carbons (Fsp3) is 0.150. The Hall–Kier alpha value is -2.30. The van der Waals surface area contributed by atoms with Crippen molar-refractivity contribution >= 4 is 35.4 Å². The lowest BCUT2D eigenvalue weighted by molar-refractivity contribution is -0.137. The first-order chi connectivity index (χ1) is 11.5. The zero-order valence-electron chi connectivity index (χ0n) is 13.3. The molecule has 0 spiro atoms. The predicted octanol–water partition coefficient (Wildman–Crippen LogP) is 4.18. The molecule has 3 nitrogen and oxygen atoms in total. The normalized spacial score (nSPS) is 17.2. The van der Waals surface area contributed by atoms with Crippen molar-refractivity contribution in [3.05, 3.63) is 70.8 Å². The number of hydrogen-bond acceptors (Lipinski definition) is 2.